The summed E-state index contributed by atoms with van der Waals surface area (Å²) in [5.41, 5.74) is 2.24. The monoisotopic (exact) mass is 279 g/mol. The summed E-state index contributed by atoms with van der Waals surface area (Å²) >= 11 is 5.37. The molecule has 0 amide bonds. The second kappa shape index (κ2) is 8.88. The van der Waals surface area contributed by atoms with E-state index in [4.69, 9.17) is 12.2 Å². The lowest BCUT2D eigenvalue weighted by atomic mass is 10.2. The molecule has 0 aliphatic heterocycles. The Bertz CT molecular complexity index is 373. The predicted molar refractivity (Wildman–Crippen MR) is 88.1 cm³/mol. The van der Waals surface area contributed by atoms with Crippen molar-refractivity contribution in [2.45, 2.75) is 19.8 Å². The lowest BCUT2D eigenvalue weighted by Crippen LogP contribution is -2.30. The molecule has 3 nitrogen and oxygen atoms in total. The number of nitrogens with one attached hydrogen (secondary N) is 2. The van der Waals surface area contributed by atoms with E-state index in [9.17, 15) is 0 Å². The summed E-state index contributed by atoms with van der Waals surface area (Å²) in [6.45, 7) is 5.09. The molecular weight excluding hydrogens is 254 g/mol. The molecule has 19 heavy (non-hydrogen) atoms. The Labute approximate surface area is 122 Å². The first-order valence-corrected chi connectivity index (χ1v) is 7.31. The fourth-order valence-corrected chi connectivity index (χ4v) is 1.88. The maximum absolute atomic E-state index is 5.37. The molecule has 0 fully saturated rings. The predicted octanol–water partition coefficient (Wildman–Crippen LogP) is 2.73. The molecule has 0 aliphatic carbocycles. The van der Waals surface area contributed by atoms with Crippen LogP contribution in [0.4, 0.5) is 5.69 Å². The van der Waals surface area contributed by atoms with Crippen molar-refractivity contribution in [2.24, 2.45) is 0 Å². The minimum absolute atomic E-state index is 0.821. The molecular formula is C15H25N3S. The van der Waals surface area contributed by atoms with Gasteiger partial charge in [-0.1, -0.05) is 25.6 Å². The second-order valence-electron chi connectivity index (χ2n) is 4.92. The molecule has 0 atom stereocenters. The van der Waals surface area contributed by atoms with Gasteiger partial charge in [-0.25, -0.2) is 0 Å². The Morgan fingerprint density at radius 2 is 1.84 bits per heavy atom. The summed E-state index contributed by atoms with van der Waals surface area (Å²) in [5, 5.41) is 6.67. The average Bonchev–Trinajstić information content (AvgIpc) is 2.39. The van der Waals surface area contributed by atoms with E-state index in [1.165, 1.54) is 12.8 Å². The zero-order chi connectivity index (χ0) is 14.1. The first-order chi connectivity index (χ1) is 9.13. The number of likely N-dealkylation sites (N-methyl/N-ethyl adjacent to an activating group) is 1. The van der Waals surface area contributed by atoms with Crippen LogP contribution in [0.2, 0.25) is 0 Å². The van der Waals surface area contributed by atoms with Crippen molar-refractivity contribution in [1.29, 1.82) is 0 Å². The van der Waals surface area contributed by atoms with Gasteiger partial charge >= 0.3 is 0 Å². The normalized spacial score (nSPS) is 10.5. The average molecular weight is 279 g/mol. The van der Waals surface area contributed by atoms with Crippen LogP contribution in [-0.4, -0.2) is 43.6 Å². The fourth-order valence-electron chi connectivity index (χ4n) is 1.64. The third kappa shape index (κ3) is 6.55. The third-order valence-corrected chi connectivity index (χ3v) is 3.23. The lowest BCUT2D eigenvalue weighted by Gasteiger charge is -2.12. The van der Waals surface area contributed by atoms with Gasteiger partial charge in [-0.15, -0.1) is 0 Å². The lowest BCUT2D eigenvalue weighted by molar-refractivity contribution is 0.413. The number of hydrogen-bond donors (Lipinski definition) is 2. The van der Waals surface area contributed by atoms with E-state index in [0.29, 0.717) is 0 Å². The van der Waals surface area contributed by atoms with Gasteiger partial charge in [0.05, 0.1) is 0 Å². The molecule has 1 aromatic carbocycles. The third-order valence-electron chi connectivity index (χ3n) is 2.85. The zero-order valence-corrected chi connectivity index (χ0v) is 13.0. The Morgan fingerprint density at radius 3 is 2.42 bits per heavy atom. The Hall–Kier alpha value is -1.13. The van der Waals surface area contributed by atoms with Gasteiger partial charge in [0.1, 0.15) is 4.99 Å². The van der Waals surface area contributed by atoms with Crippen LogP contribution in [0.1, 0.15) is 25.3 Å². The highest BCUT2D eigenvalue weighted by Crippen LogP contribution is 2.10. The van der Waals surface area contributed by atoms with Crippen LogP contribution in [0.15, 0.2) is 24.3 Å². The quantitative estimate of drug-likeness (QED) is 0.565. The van der Waals surface area contributed by atoms with Crippen LogP contribution >= 0.6 is 12.2 Å². The fraction of sp³-hybridized carbons (Fsp3) is 0.533. The number of rotatable bonds is 8. The summed E-state index contributed by atoms with van der Waals surface area (Å²) in [5.74, 6) is 0. The van der Waals surface area contributed by atoms with Crippen molar-refractivity contribution in [2.75, 3.05) is 39.0 Å². The highest BCUT2D eigenvalue weighted by molar-refractivity contribution is 7.80. The van der Waals surface area contributed by atoms with E-state index in [1.807, 2.05) is 0 Å². The SMILES string of the molecule is CCCCNc1ccc(C(=S)NCCN(C)C)cc1. The zero-order valence-electron chi connectivity index (χ0n) is 12.2. The van der Waals surface area contributed by atoms with Crippen LogP contribution in [-0.2, 0) is 0 Å². The molecule has 0 aromatic heterocycles. The molecule has 0 aliphatic rings. The van der Waals surface area contributed by atoms with Gasteiger partial charge in [0.15, 0.2) is 0 Å². The van der Waals surface area contributed by atoms with Crippen molar-refractivity contribution in [3.8, 4) is 0 Å². The van der Waals surface area contributed by atoms with E-state index in [-0.39, 0.29) is 0 Å². The summed E-state index contributed by atoms with van der Waals surface area (Å²) in [7, 11) is 4.11. The highest BCUT2D eigenvalue weighted by atomic mass is 32.1. The van der Waals surface area contributed by atoms with E-state index >= 15 is 0 Å². The smallest absolute Gasteiger partial charge is 0.106 e. The maximum atomic E-state index is 5.37. The van der Waals surface area contributed by atoms with Crippen LogP contribution in [0, 0.1) is 0 Å². The molecule has 2 N–H and O–H groups in total. The Balaban J connectivity index is 2.39. The molecule has 0 saturated heterocycles. The van der Waals surface area contributed by atoms with Crippen molar-refractivity contribution in [3.63, 3.8) is 0 Å². The number of benzene rings is 1. The number of unbranched alkanes of at least 4 members (excludes halogenated alkanes) is 1. The second-order valence-corrected chi connectivity index (χ2v) is 5.33. The minimum atomic E-state index is 0.821. The molecule has 0 unspecified atom stereocenters. The minimum Gasteiger partial charge on any atom is -0.385 e. The highest BCUT2D eigenvalue weighted by Gasteiger charge is 2.00. The maximum Gasteiger partial charge on any atom is 0.106 e. The van der Waals surface area contributed by atoms with E-state index < -0.39 is 0 Å². The Kier molecular flexibility index (Phi) is 7.45. The molecule has 0 spiro atoms. The summed E-state index contributed by atoms with van der Waals surface area (Å²) in [6, 6.07) is 8.31. The molecule has 106 valence electrons. The van der Waals surface area contributed by atoms with Gasteiger partial charge in [-0.2, -0.15) is 0 Å². The van der Waals surface area contributed by atoms with Gasteiger partial charge < -0.3 is 15.5 Å². The first-order valence-electron chi connectivity index (χ1n) is 6.90. The molecule has 1 aromatic rings. The molecule has 0 radical (unpaired) electrons. The van der Waals surface area contributed by atoms with Gasteiger partial charge in [-0.05, 0) is 44.8 Å². The molecule has 0 heterocycles. The largest absolute Gasteiger partial charge is 0.385 e. The van der Waals surface area contributed by atoms with Crippen LogP contribution in [0.25, 0.3) is 0 Å². The van der Waals surface area contributed by atoms with E-state index in [1.54, 1.807) is 0 Å². The van der Waals surface area contributed by atoms with Crippen molar-refractivity contribution < 1.29 is 0 Å². The van der Waals surface area contributed by atoms with Crippen molar-refractivity contribution >= 4 is 22.9 Å². The number of thiocarbonyl (C=S) groups is 1. The molecule has 4 heteroatoms. The van der Waals surface area contributed by atoms with Gasteiger partial charge in [-0.3, -0.25) is 0 Å². The molecule has 1 rings (SSSR count). The summed E-state index contributed by atoms with van der Waals surface area (Å²) in [4.78, 5) is 2.96. The summed E-state index contributed by atoms with van der Waals surface area (Å²) in [6.07, 6.45) is 2.41. The van der Waals surface area contributed by atoms with Crippen LogP contribution in [0.5, 0.6) is 0 Å². The number of nitrogens with zero attached hydrogens (tertiary/aromatic N) is 1. The Morgan fingerprint density at radius 1 is 1.16 bits per heavy atom. The van der Waals surface area contributed by atoms with Crippen molar-refractivity contribution in [1.82, 2.24) is 10.2 Å². The van der Waals surface area contributed by atoms with Crippen LogP contribution < -0.4 is 10.6 Å². The van der Waals surface area contributed by atoms with E-state index in [2.05, 4.69) is 60.8 Å². The number of anilines is 1. The topological polar surface area (TPSA) is 27.3 Å². The van der Waals surface area contributed by atoms with Gasteiger partial charge in [0, 0.05) is 30.9 Å². The van der Waals surface area contributed by atoms with Gasteiger partial charge in [0.25, 0.3) is 0 Å². The van der Waals surface area contributed by atoms with E-state index in [0.717, 1.165) is 35.9 Å². The number of hydrogen-bond acceptors (Lipinski definition) is 3. The molecule has 0 bridgehead atoms. The van der Waals surface area contributed by atoms with Crippen molar-refractivity contribution in [3.05, 3.63) is 29.8 Å². The molecule has 0 saturated carbocycles. The van der Waals surface area contributed by atoms with Crippen LogP contribution in [0.3, 0.4) is 0 Å². The standard InChI is InChI=1S/C15H25N3S/c1-4-5-10-16-14-8-6-13(7-9-14)15(19)17-11-12-18(2)3/h6-9,16H,4-5,10-12H2,1-3H3,(H,17,19). The first kappa shape index (κ1) is 15.9. The summed E-state index contributed by atoms with van der Waals surface area (Å²) < 4.78 is 0. The van der Waals surface area contributed by atoms with Gasteiger partial charge in [0.2, 0.25) is 0 Å².